The number of hydrogen-bond acceptors (Lipinski definition) is 4. The van der Waals surface area contributed by atoms with E-state index < -0.39 is 5.91 Å². The number of nitrogens with zero attached hydrogens (tertiary/aromatic N) is 1. The number of hydrogen-bond donors (Lipinski definition) is 2. The number of carbonyl (C=O) groups excluding carboxylic acids is 1. The first-order chi connectivity index (χ1) is 11.4. The summed E-state index contributed by atoms with van der Waals surface area (Å²) in [6, 6.07) is 10.0. The lowest BCUT2D eigenvalue weighted by Crippen LogP contribution is -2.19. The molecule has 0 atom stereocenters. The van der Waals surface area contributed by atoms with Crippen LogP contribution in [0.1, 0.15) is 29.8 Å². The summed E-state index contributed by atoms with van der Waals surface area (Å²) in [7, 11) is 0. The van der Waals surface area contributed by atoms with E-state index in [9.17, 15) is 4.79 Å². The molecule has 2 rings (SSSR count). The number of halogens is 2. The van der Waals surface area contributed by atoms with Crippen LogP contribution in [0.25, 0.3) is 0 Å². The molecule has 1 amide bonds. The smallest absolute Gasteiger partial charge is 0.273 e. The summed E-state index contributed by atoms with van der Waals surface area (Å²) >= 11 is 12.3. The van der Waals surface area contributed by atoms with Gasteiger partial charge in [0.1, 0.15) is 0 Å². The van der Waals surface area contributed by atoms with E-state index in [-0.39, 0.29) is 6.10 Å². The van der Waals surface area contributed by atoms with Crippen LogP contribution in [0.2, 0.25) is 10.0 Å². The lowest BCUT2D eigenvalue weighted by atomic mass is 10.2. The van der Waals surface area contributed by atoms with Crippen molar-refractivity contribution in [2.75, 3.05) is 5.73 Å². The molecule has 24 heavy (non-hydrogen) atoms. The maximum atomic E-state index is 12.0. The minimum atomic E-state index is -0.402. The fraction of sp³-hybridized carbons (Fsp3) is 0.176. The molecule has 3 N–H and O–H groups in total. The molecule has 0 radical (unpaired) electrons. The lowest BCUT2D eigenvalue weighted by molar-refractivity contribution is 0.0956. The summed E-state index contributed by atoms with van der Waals surface area (Å²) in [6.07, 6.45) is 1.39. The van der Waals surface area contributed by atoms with Gasteiger partial charge in [-0.15, -0.1) is 0 Å². The van der Waals surface area contributed by atoms with Crippen LogP contribution in [-0.4, -0.2) is 18.2 Å². The first-order valence-corrected chi connectivity index (χ1v) is 7.97. The molecule has 0 fully saturated rings. The summed E-state index contributed by atoms with van der Waals surface area (Å²) in [5.74, 6) is 0.0212. The van der Waals surface area contributed by atoms with Gasteiger partial charge in [0.15, 0.2) is 5.75 Å². The second-order valence-corrected chi connectivity index (χ2v) is 6.08. The summed E-state index contributed by atoms with van der Waals surface area (Å²) in [5, 5.41) is 4.64. The van der Waals surface area contributed by atoms with E-state index in [2.05, 4.69) is 10.5 Å². The third-order valence-corrected chi connectivity index (χ3v) is 3.52. The molecule has 0 saturated heterocycles. The molecule has 5 nitrogen and oxygen atoms in total. The van der Waals surface area contributed by atoms with Crippen molar-refractivity contribution in [2.24, 2.45) is 5.10 Å². The van der Waals surface area contributed by atoms with Crippen LogP contribution in [0.15, 0.2) is 41.5 Å². The van der Waals surface area contributed by atoms with Crippen molar-refractivity contribution in [3.63, 3.8) is 0 Å². The quantitative estimate of drug-likeness (QED) is 0.475. The second-order valence-electron chi connectivity index (χ2n) is 5.27. The summed E-state index contributed by atoms with van der Waals surface area (Å²) in [5.41, 5.74) is 9.51. The molecular weight excluding hydrogens is 349 g/mol. The zero-order valence-electron chi connectivity index (χ0n) is 13.2. The van der Waals surface area contributed by atoms with Crippen LogP contribution in [0.3, 0.4) is 0 Å². The first kappa shape index (κ1) is 18.1. The molecule has 126 valence electrons. The van der Waals surface area contributed by atoms with Crippen LogP contribution >= 0.6 is 23.2 Å². The number of benzene rings is 2. The molecule has 0 spiro atoms. The van der Waals surface area contributed by atoms with Gasteiger partial charge < -0.3 is 10.5 Å². The van der Waals surface area contributed by atoms with Crippen LogP contribution < -0.4 is 15.9 Å². The zero-order chi connectivity index (χ0) is 17.7. The molecule has 2 aromatic rings. The highest BCUT2D eigenvalue weighted by Gasteiger charge is 2.11. The molecule has 7 heteroatoms. The molecule has 0 aliphatic carbocycles. The number of nitrogens with two attached hydrogens (primary N) is 1. The van der Waals surface area contributed by atoms with Gasteiger partial charge in [-0.05, 0) is 43.7 Å². The molecule has 0 unspecified atom stereocenters. The fourth-order valence-corrected chi connectivity index (χ4v) is 2.52. The minimum Gasteiger partial charge on any atom is -0.488 e. The number of carbonyl (C=O) groups is 1. The topological polar surface area (TPSA) is 76.7 Å². The summed E-state index contributed by atoms with van der Waals surface area (Å²) in [6.45, 7) is 3.76. The summed E-state index contributed by atoms with van der Waals surface area (Å²) in [4.78, 5) is 12.0. The number of amides is 1. The van der Waals surface area contributed by atoms with Crippen LogP contribution in [0.5, 0.6) is 5.75 Å². The minimum absolute atomic E-state index is 0.0462. The number of ether oxygens (including phenoxy) is 1. The van der Waals surface area contributed by atoms with E-state index in [4.69, 9.17) is 33.7 Å². The van der Waals surface area contributed by atoms with Crippen molar-refractivity contribution < 1.29 is 9.53 Å². The Morgan fingerprint density at radius 3 is 2.46 bits per heavy atom. The van der Waals surface area contributed by atoms with Gasteiger partial charge in [-0.2, -0.15) is 5.10 Å². The molecule has 2 aromatic carbocycles. The Balaban J connectivity index is 2.10. The highest BCUT2D eigenvalue weighted by atomic mass is 35.5. The monoisotopic (exact) mass is 365 g/mol. The van der Waals surface area contributed by atoms with Crippen molar-refractivity contribution >= 4 is 41.0 Å². The number of rotatable bonds is 5. The van der Waals surface area contributed by atoms with Gasteiger partial charge in [-0.1, -0.05) is 35.3 Å². The Morgan fingerprint density at radius 2 is 1.88 bits per heavy atom. The van der Waals surface area contributed by atoms with E-state index in [1.165, 1.54) is 6.21 Å². The highest BCUT2D eigenvalue weighted by Crippen LogP contribution is 2.34. The normalized spacial score (nSPS) is 11.0. The van der Waals surface area contributed by atoms with Crippen LogP contribution in [0, 0.1) is 0 Å². The van der Waals surface area contributed by atoms with Gasteiger partial charge in [-0.25, -0.2) is 5.43 Å². The molecule has 0 saturated carbocycles. The number of nitrogens with one attached hydrogen (secondary N) is 1. The lowest BCUT2D eigenvalue weighted by Gasteiger charge is -2.13. The molecular formula is C17H17Cl2N3O2. The average Bonchev–Trinajstić information content (AvgIpc) is 2.51. The molecule has 0 bridgehead atoms. The third kappa shape index (κ3) is 4.63. The van der Waals surface area contributed by atoms with E-state index in [1.807, 2.05) is 13.8 Å². The number of hydrazone groups is 1. The maximum absolute atomic E-state index is 12.0. The van der Waals surface area contributed by atoms with Crippen molar-refractivity contribution in [3.8, 4) is 5.75 Å². The second kappa shape index (κ2) is 8.04. The van der Waals surface area contributed by atoms with Gasteiger partial charge >= 0.3 is 0 Å². The number of anilines is 1. The third-order valence-electron chi connectivity index (χ3n) is 2.96. The summed E-state index contributed by atoms with van der Waals surface area (Å²) < 4.78 is 5.55. The molecule has 0 aromatic heterocycles. The Bertz CT molecular complexity index is 753. The van der Waals surface area contributed by atoms with Gasteiger partial charge in [0.25, 0.3) is 5.91 Å². The van der Waals surface area contributed by atoms with E-state index in [1.54, 1.807) is 36.4 Å². The largest absolute Gasteiger partial charge is 0.488 e. The molecule has 0 heterocycles. The maximum Gasteiger partial charge on any atom is 0.273 e. The van der Waals surface area contributed by atoms with Crippen LogP contribution in [0.4, 0.5) is 5.69 Å². The Labute approximate surface area is 150 Å². The van der Waals surface area contributed by atoms with E-state index >= 15 is 0 Å². The SMILES string of the molecule is CC(C)Oc1c(Cl)cc(/C=N\NC(=O)c2ccccc2N)cc1Cl. The Hall–Kier alpha value is -2.24. The van der Waals surface area contributed by atoms with Crippen molar-refractivity contribution in [3.05, 3.63) is 57.6 Å². The fourth-order valence-electron chi connectivity index (χ4n) is 1.93. The zero-order valence-corrected chi connectivity index (χ0v) is 14.7. The highest BCUT2D eigenvalue weighted by molar-refractivity contribution is 6.37. The van der Waals surface area contributed by atoms with E-state index in [0.29, 0.717) is 32.6 Å². The van der Waals surface area contributed by atoms with E-state index in [0.717, 1.165) is 0 Å². The standard InChI is InChI=1S/C17H17Cl2N3O2/c1-10(2)24-16-13(18)7-11(8-14(16)19)9-21-22-17(23)12-5-3-4-6-15(12)20/h3-10H,20H2,1-2H3,(H,22,23)/b21-9-. The van der Waals surface area contributed by atoms with Gasteiger partial charge in [0, 0.05) is 5.69 Å². The van der Waals surface area contributed by atoms with Crippen molar-refractivity contribution in [1.29, 1.82) is 0 Å². The van der Waals surface area contributed by atoms with Gasteiger partial charge in [-0.3, -0.25) is 4.79 Å². The van der Waals surface area contributed by atoms with Crippen molar-refractivity contribution in [1.82, 2.24) is 5.43 Å². The predicted octanol–water partition coefficient (Wildman–Crippen LogP) is 4.13. The predicted molar refractivity (Wildman–Crippen MR) is 98.1 cm³/mol. The van der Waals surface area contributed by atoms with Gasteiger partial charge in [0.2, 0.25) is 0 Å². The van der Waals surface area contributed by atoms with Crippen molar-refractivity contribution in [2.45, 2.75) is 20.0 Å². The Morgan fingerprint density at radius 1 is 1.25 bits per heavy atom. The van der Waals surface area contributed by atoms with Crippen LogP contribution in [-0.2, 0) is 0 Å². The number of para-hydroxylation sites is 1. The van der Waals surface area contributed by atoms with Gasteiger partial charge in [0.05, 0.1) is 27.9 Å². The Kier molecular flexibility index (Phi) is 6.06. The number of nitrogen functional groups attached to an aromatic ring is 1. The molecule has 0 aliphatic heterocycles. The molecule has 0 aliphatic rings. The average molecular weight is 366 g/mol. The first-order valence-electron chi connectivity index (χ1n) is 7.22.